The molecule has 0 atom stereocenters. The van der Waals surface area contributed by atoms with Gasteiger partial charge in [0.15, 0.2) is 0 Å². The van der Waals surface area contributed by atoms with Crippen LogP contribution in [0.4, 0.5) is 0 Å². The molecular formula is C14H17N. The second kappa shape index (κ2) is 5.58. The third-order valence-corrected chi connectivity index (χ3v) is 2.78. The summed E-state index contributed by atoms with van der Waals surface area (Å²) in [6.45, 7) is 2.26. The Morgan fingerprint density at radius 1 is 1.13 bits per heavy atom. The highest BCUT2D eigenvalue weighted by atomic mass is 14.9. The molecule has 1 heterocycles. The van der Waals surface area contributed by atoms with Gasteiger partial charge in [0.2, 0.25) is 0 Å². The first kappa shape index (κ1) is 10.3. The van der Waals surface area contributed by atoms with Gasteiger partial charge in [-0.3, -0.25) is 0 Å². The summed E-state index contributed by atoms with van der Waals surface area (Å²) in [5.74, 6) is 7.29. The summed E-state index contributed by atoms with van der Waals surface area (Å²) in [6, 6.07) is 10.5. The smallest absolute Gasteiger partial charge is 0.0340 e. The lowest BCUT2D eigenvalue weighted by Gasteiger charge is -2.17. The van der Waals surface area contributed by atoms with E-state index < -0.39 is 0 Å². The van der Waals surface area contributed by atoms with E-state index in [-0.39, 0.29) is 0 Å². The second-order valence-corrected chi connectivity index (χ2v) is 4.01. The van der Waals surface area contributed by atoms with E-state index in [1.54, 1.807) is 0 Å². The fourth-order valence-electron chi connectivity index (χ4n) is 1.86. The molecule has 1 nitrogen and oxygen atoms in total. The van der Waals surface area contributed by atoms with Crippen LogP contribution in [0.1, 0.15) is 18.4 Å². The molecule has 0 amide bonds. The van der Waals surface area contributed by atoms with E-state index in [1.165, 1.54) is 18.4 Å². The van der Waals surface area contributed by atoms with E-state index in [0.717, 1.165) is 19.5 Å². The Morgan fingerprint density at radius 3 is 2.60 bits per heavy atom. The second-order valence-electron chi connectivity index (χ2n) is 4.01. The van der Waals surface area contributed by atoms with Gasteiger partial charge in [-0.05, 0) is 31.5 Å². The molecule has 15 heavy (non-hydrogen) atoms. The molecule has 0 aromatic heterocycles. The van der Waals surface area contributed by atoms with Crippen molar-refractivity contribution in [3.8, 4) is 11.8 Å². The predicted molar refractivity (Wildman–Crippen MR) is 63.5 cm³/mol. The highest BCUT2D eigenvalue weighted by Crippen LogP contribution is 2.09. The summed E-state index contributed by atoms with van der Waals surface area (Å²) >= 11 is 0. The SMILES string of the molecule is C(#CC1CCNCC1)Cc1ccccc1. The van der Waals surface area contributed by atoms with Gasteiger partial charge in [-0.1, -0.05) is 42.2 Å². The zero-order chi connectivity index (χ0) is 10.3. The minimum absolute atomic E-state index is 0.620. The first-order valence-electron chi connectivity index (χ1n) is 5.68. The van der Waals surface area contributed by atoms with Crippen LogP contribution < -0.4 is 5.32 Å². The Kier molecular flexibility index (Phi) is 3.82. The molecular weight excluding hydrogens is 182 g/mol. The van der Waals surface area contributed by atoms with Crippen molar-refractivity contribution in [3.63, 3.8) is 0 Å². The minimum atomic E-state index is 0.620. The van der Waals surface area contributed by atoms with Gasteiger partial charge in [0, 0.05) is 12.3 Å². The van der Waals surface area contributed by atoms with Crippen molar-refractivity contribution < 1.29 is 0 Å². The highest BCUT2D eigenvalue weighted by Gasteiger charge is 2.08. The Morgan fingerprint density at radius 2 is 1.87 bits per heavy atom. The van der Waals surface area contributed by atoms with E-state index in [4.69, 9.17) is 0 Å². The summed E-state index contributed by atoms with van der Waals surface area (Å²) in [5.41, 5.74) is 1.32. The molecule has 0 spiro atoms. The average molecular weight is 199 g/mol. The van der Waals surface area contributed by atoms with Gasteiger partial charge in [-0.2, -0.15) is 0 Å². The van der Waals surface area contributed by atoms with Gasteiger partial charge in [-0.15, -0.1) is 0 Å². The Balaban J connectivity index is 1.84. The lowest BCUT2D eigenvalue weighted by molar-refractivity contribution is 0.447. The molecule has 1 heteroatoms. The van der Waals surface area contributed by atoms with Crippen molar-refractivity contribution in [2.24, 2.45) is 5.92 Å². The fraction of sp³-hybridized carbons (Fsp3) is 0.429. The van der Waals surface area contributed by atoms with Crippen LogP contribution in [0, 0.1) is 17.8 Å². The van der Waals surface area contributed by atoms with Crippen molar-refractivity contribution in [1.82, 2.24) is 5.32 Å². The third kappa shape index (κ3) is 3.42. The molecule has 0 aliphatic carbocycles. The topological polar surface area (TPSA) is 12.0 Å². The highest BCUT2D eigenvalue weighted by molar-refractivity contribution is 5.21. The van der Waals surface area contributed by atoms with Crippen LogP contribution in [-0.4, -0.2) is 13.1 Å². The van der Waals surface area contributed by atoms with Crippen molar-refractivity contribution in [1.29, 1.82) is 0 Å². The van der Waals surface area contributed by atoms with Crippen molar-refractivity contribution in [2.75, 3.05) is 13.1 Å². The fourth-order valence-corrected chi connectivity index (χ4v) is 1.86. The maximum absolute atomic E-state index is 3.38. The predicted octanol–water partition coefficient (Wildman–Crippen LogP) is 2.23. The van der Waals surface area contributed by atoms with E-state index >= 15 is 0 Å². The summed E-state index contributed by atoms with van der Waals surface area (Å²) in [7, 11) is 0. The van der Waals surface area contributed by atoms with Gasteiger partial charge in [0.1, 0.15) is 0 Å². The lowest BCUT2D eigenvalue weighted by atomic mass is 9.98. The van der Waals surface area contributed by atoms with Crippen LogP contribution in [0.15, 0.2) is 30.3 Å². The third-order valence-electron chi connectivity index (χ3n) is 2.78. The molecule has 1 aliphatic heterocycles. The normalized spacial score (nSPS) is 16.8. The summed E-state index contributed by atoms with van der Waals surface area (Å²) in [5, 5.41) is 3.36. The van der Waals surface area contributed by atoms with Crippen molar-refractivity contribution in [3.05, 3.63) is 35.9 Å². The van der Waals surface area contributed by atoms with Gasteiger partial charge in [0.05, 0.1) is 0 Å². The van der Waals surface area contributed by atoms with Crippen molar-refractivity contribution >= 4 is 0 Å². The zero-order valence-corrected chi connectivity index (χ0v) is 9.00. The van der Waals surface area contributed by atoms with Gasteiger partial charge in [0.25, 0.3) is 0 Å². The van der Waals surface area contributed by atoms with Crippen LogP contribution in [0.25, 0.3) is 0 Å². The molecule has 78 valence electrons. The van der Waals surface area contributed by atoms with E-state index in [0.29, 0.717) is 5.92 Å². The lowest BCUT2D eigenvalue weighted by Crippen LogP contribution is -2.26. The van der Waals surface area contributed by atoms with Crippen LogP contribution in [0.3, 0.4) is 0 Å². The Bertz CT molecular complexity index is 339. The van der Waals surface area contributed by atoms with Crippen molar-refractivity contribution in [2.45, 2.75) is 19.3 Å². The number of piperidine rings is 1. The Hall–Kier alpha value is -1.26. The number of benzene rings is 1. The van der Waals surface area contributed by atoms with Gasteiger partial charge >= 0.3 is 0 Å². The molecule has 1 aromatic carbocycles. The number of nitrogens with one attached hydrogen (secondary N) is 1. The zero-order valence-electron chi connectivity index (χ0n) is 9.00. The molecule has 0 bridgehead atoms. The summed E-state index contributed by atoms with van der Waals surface area (Å²) in [6.07, 6.45) is 3.31. The van der Waals surface area contributed by atoms with Gasteiger partial charge in [-0.25, -0.2) is 0 Å². The maximum atomic E-state index is 3.38. The number of hydrogen-bond donors (Lipinski definition) is 1. The van der Waals surface area contributed by atoms with E-state index in [2.05, 4.69) is 41.4 Å². The molecule has 1 aliphatic rings. The molecule has 1 saturated heterocycles. The minimum Gasteiger partial charge on any atom is -0.317 e. The van der Waals surface area contributed by atoms with Crippen LogP contribution in [0.2, 0.25) is 0 Å². The van der Waals surface area contributed by atoms with Crippen LogP contribution >= 0.6 is 0 Å². The molecule has 1 fully saturated rings. The maximum Gasteiger partial charge on any atom is 0.0340 e. The molecule has 0 saturated carbocycles. The molecule has 2 rings (SSSR count). The Labute approximate surface area is 91.9 Å². The number of rotatable bonds is 1. The first-order valence-corrected chi connectivity index (χ1v) is 5.68. The average Bonchev–Trinajstić information content (AvgIpc) is 2.32. The monoisotopic (exact) mass is 199 g/mol. The molecule has 1 aromatic rings. The van der Waals surface area contributed by atoms with E-state index in [1.807, 2.05) is 6.07 Å². The number of hydrogen-bond acceptors (Lipinski definition) is 1. The van der Waals surface area contributed by atoms with Crippen LogP contribution in [0.5, 0.6) is 0 Å². The molecule has 0 unspecified atom stereocenters. The largest absolute Gasteiger partial charge is 0.317 e. The standard InChI is InChI=1S/C14H17N/c1-2-5-13(6-3-1)7-4-8-14-9-11-15-12-10-14/h1-3,5-6,14-15H,7,9-12H2. The quantitative estimate of drug-likeness (QED) is 0.684. The summed E-state index contributed by atoms with van der Waals surface area (Å²) in [4.78, 5) is 0. The first-order chi connectivity index (χ1) is 7.45. The van der Waals surface area contributed by atoms with E-state index in [9.17, 15) is 0 Å². The molecule has 1 N–H and O–H groups in total. The summed E-state index contributed by atoms with van der Waals surface area (Å²) < 4.78 is 0. The van der Waals surface area contributed by atoms with Crippen LogP contribution in [-0.2, 0) is 6.42 Å². The van der Waals surface area contributed by atoms with Gasteiger partial charge < -0.3 is 5.32 Å². The molecule has 0 radical (unpaired) electrons.